The number of aliphatic hydroxyl groups excluding tert-OH is 1. The van der Waals surface area contributed by atoms with Crippen molar-refractivity contribution in [1.82, 2.24) is 20.4 Å². The Bertz CT molecular complexity index is 979. The number of benzene rings is 1. The Morgan fingerprint density at radius 3 is 2.34 bits per heavy atom. The zero-order chi connectivity index (χ0) is 20.6. The predicted octanol–water partition coefficient (Wildman–Crippen LogP) is 0.989. The maximum absolute atomic E-state index is 12.2. The van der Waals surface area contributed by atoms with Crippen LogP contribution in [0, 0.1) is 0 Å². The molecule has 2 amide bonds. The number of aromatic nitrogens is 4. The molecule has 3 N–H and O–H groups in total. The maximum Gasteiger partial charge on any atom is 0.259 e. The predicted molar refractivity (Wildman–Crippen MR) is 112 cm³/mol. The number of nitrogens with zero attached hydrogens (tertiary/aromatic N) is 4. The first-order chi connectivity index (χ1) is 14.1. The molecule has 0 bridgehead atoms. The van der Waals surface area contributed by atoms with Gasteiger partial charge in [0.05, 0.1) is 0 Å². The van der Waals surface area contributed by atoms with Gasteiger partial charge in [-0.2, -0.15) is 0 Å². The summed E-state index contributed by atoms with van der Waals surface area (Å²) in [4.78, 5) is 22.6. The van der Waals surface area contributed by atoms with Crippen molar-refractivity contribution < 1.29 is 14.7 Å². The van der Waals surface area contributed by atoms with E-state index in [4.69, 9.17) is 7.85 Å². The fraction of sp³-hybridized carbons (Fsp3) is 0.294. The average Bonchev–Trinajstić information content (AvgIpc) is 3.35. The number of carbonyl (C=O) groups excluding carboxylic acids is 2. The van der Waals surface area contributed by atoms with E-state index in [1.807, 2.05) is 0 Å². The molecule has 29 heavy (non-hydrogen) atoms. The summed E-state index contributed by atoms with van der Waals surface area (Å²) in [5, 5.41) is 33.5. The van der Waals surface area contributed by atoms with E-state index in [0.29, 0.717) is 34.1 Å². The number of unbranched alkanes of at least 4 members (excludes halogenated alkanes) is 1. The Hall–Kier alpha value is -2.70. The molecule has 148 valence electrons. The number of hydrogen-bond acceptors (Lipinski definition) is 9. The quantitative estimate of drug-likeness (QED) is 0.249. The van der Waals surface area contributed by atoms with Crippen LogP contribution in [0.25, 0.3) is 0 Å². The number of carbonyl (C=O) groups is 2. The van der Waals surface area contributed by atoms with E-state index in [-0.39, 0.29) is 0 Å². The molecule has 0 saturated carbocycles. The van der Waals surface area contributed by atoms with E-state index in [9.17, 15) is 14.7 Å². The van der Waals surface area contributed by atoms with Gasteiger partial charge in [-0.15, -0.1) is 20.4 Å². The van der Waals surface area contributed by atoms with Crippen molar-refractivity contribution in [3.63, 3.8) is 0 Å². The highest BCUT2D eigenvalue weighted by molar-refractivity contribution is 7.15. The van der Waals surface area contributed by atoms with Gasteiger partial charge >= 0.3 is 0 Å². The second-order valence-corrected chi connectivity index (χ2v) is 8.12. The number of nitrogens with one attached hydrogen (secondary N) is 2. The third-order valence-corrected chi connectivity index (χ3v) is 5.73. The van der Waals surface area contributed by atoms with Crippen molar-refractivity contribution in [2.75, 3.05) is 10.6 Å². The van der Waals surface area contributed by atoms with E-state index < -0.39 is 12.0 Å². The van der Waals surface area contributed by atoms with Gasteiger partial charge in [0, 0.05) is 12.8 Å². The molecule has 0 saturated heterocycles. The van der Waals surface area contributed by atoms with E-state index in [0.717, 1.165) is 29.3 Å². The minimum absolute atomic E-state index is 0.326. The summed E-state index contributed by atoms with van der Waals surface area (Å²) < 4.78 is 0. The molecule has 2 aromatic heterocycles. The molecular weight excluding hydrogens is 411 g/mol. The topological polar surface area (TPSA) is 130 Å². The average molecular weight is 428 g/mol. The molecule has 1 unspecified atom stereocenters. The molecule has 2 heterocycles. The third-order valence-electron chi connectivity index (χ3n) is 3.92. The van der Waals surface area contributed by atoms with Gasteiger partial charge in [-0.05, 0) is 18.4 Å². The first-order valence-corrected chi connectivity index (χ1v) is 10.4. The molecule has 0 spiro atoms. The Morgan fingerprint density at radius 1 is 1.07 bits per heavy atom. The fourth-order valence-electron chi connectivity index (χ4n) is 2.50. The van der Waals surface area contributed by atoms with Gasteiger partial charge in [0.2, 0.25) is 16.7 Å². The summed E-state index contributed by atoms with van der Waals surface area (Å²) in [7, 11) is 5.79. The molecular formula is C17H17BN6O3S2. The molecule has 3 rings (SSSR count). The second kappa shape index (κ2) is 10.2. The van der Waals surface area contributed by atoms with Crippen molar-refractivity contribution in [1.29, 1.82) is 0 Å². The lowest BCUT2D eigenvalue weighted by atomic mass is 9.88. The maximum atomic E-state index is 12.2. The fourth-order valence-corrected chi connectivity index (χ4v) is 4.02. The van der Waals surface area contributed by atoms with E-state index >= 15 is 0 Å². The van der Waals surface area contributed by atoms with Crippen molar-refractivity contribution in [3.05, 3.63) is 39.8 Å². The van der Waals surface area contributed by atoms with Crippen LogP contribution in [0.5, 0.6) is 0 Å². The monoisotopic (exact) mass is 428 g/mol. The van der Waals surface area contributed by atoms with Crippen molar-refractivity contribution in [2.24, 2.45) is 0 Å². The standard InChI is InChI=1S/C17H17BN6O3S2/c18-11-6-2-1-5-10(11)14(26)15(27)20-17-24-22-13(29-17)8-4-3-7-12-21-23-16(28-12)19-9-25/h1-2,5-6,9,14,26H,3-4,7-8H2,(H,19,23,25)(H,20,24,27). The molecule has 12 heteroatoms. The Balaban J connectivity index is 1.44. The van der Waals surface area contributed by atoms with Gasteiger partial charge in [0.1, 0.15) is 17.9 Å². The van der Waals surface area contributed by atoms with Crippen LogP contribution in [-0.2, 0) is 22.4 Å². The van der Waals surface area contributed by atoms with Crippen LogP contribution in [0.1, 0.15) is 34.5 Å². The number of rotatable bonds is 10. The first-order valence-electron chi connectivity index (χ1n) is 8.75. The first kappa shape index (κ1) is 21.0. The number of aliphatic hydroxyl groups is 1. The Morgan fingerprint density at radius 2 is 1.69 bits per heavy atom. The number of aryl methyl sites for hydroxylation is 2. The highest BCUT2D eigenvalue weighted by Crippen LogP contribution is 2.21. The lowest BCUT2D eigenvalue weighted by molar-refractivity contribution is -0.124. The molecule has 0 aliphatic carbocycles. The van der Waals surface area contributed by atoms with Gasteiger partial charge in [-0.3, -0.25) is 14.9 Å². The smallest absolute Gasteiger partial charge is 0.259 e. The molecule has 0 fully saturated rings. The number of anilines is 2. The zero-order valence-electron chi connectivity index (χ0n) is 15.2. The van der Waals surface area contributed by atoms with Crippen LogP contribution < -0.4 is 16.1 Å². The SMILES string of the molecule is [B]c1ccccc1C(O)C(=O)Nc1nnc(CCCCc2nnc(NC=O)s2)s1. The third kappa shape index (κ3) is 5.89. The molecule has 3 aromatic rings. The summed E-state index contributed by atoms with van der Waals surface area (Å²) in [5.74, 6) is -0.610. The van der Waals surface area contributed by atoms with Crippen molar-refractivity contribution >= 4 is 58.6 Å². The van der Waals surface area contributed by atoms with E-state index in [1.165, 1.54) is 22.7 Å². The number of hydrogen-bond donors (Lipinski definition) is 3. The van der Waals surface area contributed by atoms with Crippen LogP contribution in [0.4, 0.5) is 10.3 Å². The van der Waals surface area contributed by atoms with Gasteiger partial charge < -0.3 is 10.4 Å². The van der Waals surface area contributed by atoms with E-state index in [2.05, 4.69) is 31.0 Å². The minimum Gasteiger partial charge on any atom is -0.378 e. The van der Waals surface area contributed by atoms with Gasteiger partial charge in [-0.25, -0.2) is 0 Å². The van der Waals surface area contributed by atoms with Crippen LogP contribution in [-0.4, -0.2) is 45.7 Å². The summed E-state index contributed by atoms with van der Waals surface area (Å²) in [5.41, 5.74) is 0.690. The summed E-state index contributed by atoms with van der Waals surface area (Å²) in [6, 6.07) is 6.65. The summed E-state index contributed by atoms with van der Waals surface area (Å²) in [6.45, 7) is 0. The Kier molecular flexibility index (Phi) is 7.39. The largest absolute Gasteiger partial charge is 0.378 e. The number of amides is 2. The molecule has 2 radical (unpaired) electrons. The molecule has 9 nitrogen and oxygen atoms in total. The van der Waals surface area contributed by atoms with Gasteiger partial charge in [-0.1, -0.05) is 52.4 Å². The lowest BCUT2D eigenvalue weighted by Crippen LogP contribution is -2.25. The zero-order valence-corrected chi connectivity index (χ0v) is 16.9. The summed E-state index contributed by atoms with van der Waals surface area (Å²) >= 11 is 2.61. The lowest BCUT2D eigenvalue weighted by Gasteiger charge is -2.12. The molecule has 1 aromatic carbocycles. The molecule has 0 aliphatic rings. The van der Waals surface area contributed by atoms with Crippen LogP contribution >= 0.6 is 22.7 Å². The van der Waals surface area contributed by atoms with Crippen molar-refractivity contribution in [3.8, 4) is 0 Å². The minimum atomic E-state index is -1.38. The highest BCUT2D eigenvalue weighted by Gasteiger charge is 2.20. The van der Waals surface area contributed by atoms with E-state index in [1.54, 1.807) is 24.3 Å². The van der Waals surface area contributed by atoms with Crippen molar-refractivity contribution in [2.45, 2.75) is 31.8 Å². The van der Waals surface area contributed by atoms with Gasteiger partial charge in [0.25, 0.3) is 5.91 Å². The molecule has 1 atom stereocenters. The second-order valence-electron chi connectivity index (χ2n) is 5.99. The van der Waals surface area contributed by atoms with Crippen LogP contribution in [0.3, 0.4) is 0 Å². The summed E-state index contributed by atoms with van der Waals surface area (Å²) in [6.07, 6.45) is 2.40. The van der Waals surface area contributed by atoms with Gasteiger partial charge in [0.15, 0.2) is 6.10 Å². The van der Waals surface area contributed by atoms with Crippen LogP contribution in [0.15, 0.2) is 24.3 Å². The Labute approximate surface area is 176 Å². The normalized spacial score (nSPS) is 11.8. The highest BCUT2D eigenvalue weighted by atomic mass is 32.1. The van der Waals surface area contributed by atoms with Crippen LogP contribution in [0.2, 0.25) is 0 Å². The molecule has 0 aliphatic heterocycles.